The Hall–Kier alpha value is -4.20. The van der Waals surface area contributed by atoms with Crippen molar-refractivity contribution in [3.8, 4) is 0 Å². The van der Waals surface area contributed by atoms with Crippen LogP contribution in [-0.4, -0.2) is 89.4 Å². The van der Waals surface area contributed by atoms with Crippen molar-refractivity contribution in [1.29, 1.82) is 0 Å². The largest absolute Gasteiger partial charge is 0.383 e. The number of hydrogen-bond donors (Lipinski definition) is 3. The molecule has 0 aliphatic carbocycles. The molecule has 2 aliphatic heterocycles. The van der Waals surface area contributed by atoms with Crippen LogP contribution >= 0.6 is 0 Å². The third-order valence-corrected chi connectivity index (χ3v) is 6.40. The van der Waals surface area contributed by atoms with Gasteiger partial charge in [0.2, 0.25) is 0 Å². The molecule has 198 valence electrons. The Morgan fingerprint density at radius 2 is 1.89 bits per heavy atom. The van der Waals surface area contributed by atoms with E-state index in [-0.39, 0.29) is 30.2 Å². The zero-order valence-electron chi connectivity index (χ0n) is 20.2. The van der Waals surface area contributed by atoms with Gasteiger partial charge in [-0.05, 0) is 36.4 Å². The molecule has 4 N–H and O–H groups in total. The highest BCUT2D eigenvalue weighted by Gasteiger charge is 2.39. The van der Waals surface area contributed by atoms with E-state index in [0.717, 1.165) is 6.07 Å². The maximum atomic E-state index is 14.6. The van der Waals surface area contributed by atoms with Crippen LogP contribution in [0.3, 0.4) is 0 Å². The minimum absolute atomic E-state index is 0.0110. The molecule has 0 radical (unpaired) electrons. The number of aromatic nitrogens is 2. The van der Waals surface area contributed by atoms with Crippen LogP contribution in [0.2, 0.25) is 0 Å². The van der Waals surface area contributed by atoms with E-state index in [1.165, 1.54) is 28.3 Å². The van der Waals surface area contributed by atoms with Crippen LogP contribution < -0.4 is 16.0 Å². The monoisotopic (exact) mass is 524 g/mol. The van der Waals surface area contributed by atoms with Crippen LogP contribution in [0.4, 0.5) is 21.6 Å². The van der Waals surface area contributed by atoms with Gasteiger partial charge in [0, 0.05) is 36.4 Å². The highest BCUT2D eigenvalue weighted by molar-refractivity contribution is 6.05. The van der Waals surface area contributed by atoms with Crippen molar-refractivity contribution >= 4 is 45.8 Å². The zero-order chi connectivity index (χ0) is 26.8. The first-order valence-corrected chi connectivity index (χ1v) is 11.9. The van der Waals surface area contributed by atoms with E-state index in [4.69, 9.17) is 15.2 Å². The smallest absolute Gasteiger partial charge is 0.259 e. The highest BCUT2D eigenvalue weighted by Crippen LogP contribution is 2.25. The van der Waals surface area contributed by atoms with Gasteiger partial charge in [-0.1, -0.05) is 0 Å². The number of nitrogen functional groups attached to an aromatic ring is 1. The van der Waals surface area contributed by atoms with E-state index in [9.17, 15) is 23.9 Å². The van der Waals surface area contributed by atoms with Gasteiger partial charge in [0.25, 0.3) is 17.7 Å². The molecule has 3 aromatic rings. The fourth-order valence-corrected chi connectivity index (χ4v) is 4.38. The van der Waals surface area contributed by atoms with E-state index in [1.807, 2.05) is 0 Å². The Morgan fingerprint density at radius 1 is 1.11 bits per heavy atom. The molecule has 0 bridgehead atoms. The fraction of sp³-hybridized carbons (Fsp3) is 0.320. The van der Waals surface area contributed by atoms with Gasteiger partial charge in [-0.3, -0.25) is 14.4 Å². The number of carbonyl (C=O) groups excluding carboxylic acids is 3. The van der Waals surface area contributed by atoms with E-state index >= 15 is 0 Å². The molecule has 12 nitrogen and oxygen atoms in total. The summed E-state index contributed by atoms with van der Waals surface area (Å²) in [6, 6.07) is 8.51. The minimum atomic E-state index is -1.84. The van der Waals surface area contributed by atoms with Crippen molar-refractivity contribution in [2.45, 2.75) is 12.2 Å². The summed E-state index contributed by atoms with van der Waals surface area (Å²) >= 11 is 0. The van der Waals surface area contributed by atoms with E-state index in [2.05, 4.69) is 15.3 Å². The van der Waals surface area contributed by atoms with Crippen LogP contribution in [0.25, 0.3) is 10.9 Å². The second kappa shape index (κ2) is 10.7. The molecule has 13 heteroatoms. The standard InChI is InChI=1S/C25H25FN6O6/c26-18-4-2-15(12-17(18)24(35)31-5-8-37-9-6-31)32-7-10-38-21(25(32)36)20(33)23(34)30-14-1-3-16-19(11-14)28-13-29-22(16)27/h1-4,11-13,20-21,33H,5-10H2,(H,30,34)(H2,27,28,29)/t20-,21-/m1/s1. The van der Waals surface area contributed by atoms with Gasteiger partial charge in [0.05, 0.1) is 30.9 Å². The van der Waals surface area contributed by atoms with Crippen LogP contribution in [0.15, 0.2) is 42.7 Å². The average Bonchev–Trinajstić information content (AvgIpc) is 2.93. The van der Waals surface area contributed by atoms with Crippen LogP contribution in [0.1, 0.15) is 10.4 Å². The van der Waals surface area contributed by atoms with Crippen molar-refractivity contribution in [2.24, 2.45) is 0 Å². The molecule has 0 saturated carbocycles. The molecular formula is C25H25FN6O6. The number of rotatable bonds is 5. The van der Waals surface area contributed by atoms with E-state index < -0.39 is 35.7 Å². The average molecular weight is 525 g/mol. The van der Waals surface area contributed by atoms with E-state index in [0.29, 0.717) is 42.9 Å². The normalized spacial score (nSPS) is 18.9. The number of anilines is 3. The Morgan fingerprint density at radius 3 is 2.68 bits per heavy atom. The second-order valence-corrected chi connectivity index (χ2v) is 8.77. The lowest BCUT2D eigenvalue weighted by Crippen LogP contribution is -2.55. The van der Waals surface area contributed by atoms with Crippen molar-refractivity contribution in [3.63, 3.8) is 0 Å². The summed E-state index contributed by atoms with van der Waals surface area (Å²) in [5, 5.41) is 13.8. The third-order valence-electron chi connectivity index (χ3n) is 6.40. The predicted molar refractivity (Wildman–Crippen MR) is 134 cm³/mol. The third kappa shape index (κ3) is 4.98. The summed E-state index contributed by atoms with van der Waals surface area (Å²) in [7, 11) is 0. The number of amides is 3. The SMILES string of the molecule is Nc1ncnc2cc(NC(=O)[C@H](O)[C@H]3OCCN(c4ccc(F)c(C(=O)N5CCOCC5)c4)C3=O)ccc12. The van der Waals surface area contributed by atoms with Gasteiger partial charge < -0.3 is 35.4 Å². The number of aliphatic hydroxyl groups is 1. The Bertz CT molecular complexity index is 1400. The van der Waals surface area contributed by atoms with Gasteiger partial charge in [-0.15, -0.1) is 0 Å². The molecule has 38 heavy (non-hydrogen) atoms. The van der Waals surface area contributed by atoms with Gasteiger partial charge in [0.1, 0.15) is 18.0 Å². The van der Waals surface area contributed by atoms with Gasteiger partial charge >= 0.3 is 0 Å². The number of halogens is 1. The maximum Gasteiger partial charge on any atom is 0.259 e. The molecule has 5 rings (SSSR count). The molecular weight excluding hydrogens is 499 g/mol. The highest BCUT2D eigenvalue weighted by atomic mass is 19.1. The topological polar surface area (TPSA) is 160 Å². The first-order valence-electron chi connectivity index (χ1n) is 11.9. The van der Waals surface area contributed by atoms with E-state index in [1.54, 1.807) is 18.2 Å². The zero-order valence-corrected chi connectivity index (χ0v) is 20.2. The van der Waals surface area contributed by atoms with Gasteiger partial charge in [-0.25, -0.2) is 14.4 Å². The Kier molecular flexibility index (Phi) is 7.13. The number of benzene rings is 2. The second-order valence-electron chi connectivity index (χ2n) is 8.77. The molecule has 2 fully saturated rings. The number of fused-ring (bicyclic) bond motifs is 1. The number of nitrogens with one attached hydrogen (secondary N) is 1. The predicted octanol–water partition coefficient (Wildman–Crippen LogP) is 0.555. The lowest BCUT2D eigenvalue weighted by atomic mass is 10.1. The molecule has 0 unspecified atom stereocenters. The summed E-state index contributed by atoms with van der Waals surface area (Å²) in [4.78, 5) is 49.6. The van der Waals surface area contributed by atoms with Crippen LogP contribution in [0, 0.1) is 5.82 Å². The van der Waals surface area contributed by atoms with Gasteiger partial charge in [-0.2, -0.15) is 0 Å². The fourth-order valence-electron chi connectivity index (χ4n) is 4.38. The van der Waals surface area contributed by atoms with Crippen molar-refractivity contribution in [1.82, 2.24) is 14.9 Å². The summed E-state index contributed by atoms with van der Waals surface area (Å²) < 4.78 is 25.2. The maximum absolute atomic E-state index is 14.6. The van der Waals surface area contributed by atoms with Crippen molar-refractivity contribution in [3.05, 3.63) is 54.1 Å². The van der Waals surface area contributed by atoms with Gasteiger partial charge in [0.15, 0.2) is 12.2 Å². The first kappa shape index (κ1) is 25.4. The first-order chi connectivity index (χ1) is 18.3. The van der Waals surface area contributed by atoms with Crippen molar-refractivity contribution in [2.75, 3.05) is 55.4 Å². The quantitative estimate of drug-likeness (QED) is 0.433. The number of carbonyl (C=O) groups is 3. The molecule has 1 aromatic heterocycles. The number of hydrogen-bond acceptors (Lipinski definition) is 9. The number of morpholine rings is 2. The molecule has 3 heterocycles. The summed E-state index contributed by atoms with van der Waals surface area (Å²) in [5.41, 5.74) is 6.70. The minimum Gasteiger partial charge on any atom is -0.383 e. The number of ether oxygens (including phenoxy) is 2. The molecule has 2 saturated heterocycles. The Balaban J connectivity index is 1.31. The molecule has 0 spiro atoms. The molecule has 2 aromatic carbocycles. The van der Waals surface area contributed by atoms with Crippen molar-refractivity contribution < 1.29 is 33.4 Å². The summed E-state index contributed by atoms with van der Waals surface area (Å²) in [6.07, 6.45) is -2.06. The lowest BCUT2D eigenvalue weighted by molar-refractivity contribution is -0.150. The number of aliphatic hydroxyl groups excluding tert-OH is 1. The number of nitrogens with zero attached hydrogens (tertiary/aromatic N) is 4. The van der Waals surface area contributed by atoms with Crippen LogP contribution in [0.5, 0.6) is 0 Å². The van der Waals surface area contributed by atoms with Crippen LogP contribution in [-0.2, 0) is 19.1 Å². The summed E-state index contributed by atoms with van der Waals surface area (Å²) in [5.74, 6) is -2.51. The number of nitrogens with two attached hydrogens (primary N) is 1. The molecule has 2 atom stereocenters. The molecule has 2 aliphatic rings. The lowest BCUT2D eigenvalue weighted by Gasteiger charge is -2.34. The summed E-state index contributed by atoms with van der Waals surface area (Å²) in [6.45, 7) is 1.48. The Labute approximate surface area is 216 Å². The molecule has 3 amide bonds.